The fraction of sp³-hybridized carbons (Fsp3) is 0.500. The average molecular weight is 198 g/mol. The van der Waals surface area contributed by atoms with E-state index in [2.05, 4.69) is 6.58 Å². The maximum absolute atomic E-state index is 5.06. The zero-order valence-electron chi connectivity index (χ0n) is 9.96. The Kier molecular flexibility index (Phi) is 13.2. The third kappa shape index (κ3) is 9.07. The summed E-state index contributed by atoms with van der Waals surface area (Å²) in [5, 5.41) is 0. The van der Waals surface area contributed by atoms with Gasteiger partial charge >= 0.3 is 0 Å². The Morgan fingerprint density at radius 3 is 2.21 bits per heavy atom. The van der Waals surface area contributed by atoms with Crippen LogP contribution >= 0.6 is 0 Å². The van der Waals surface area contributed by atoms with Gasteiger partial charge in [-0.25, -0.2) is 0 Å². The van der Waals surface area contributed by atoms with Gasteiger partial charge in [-0.05, 0) is 18.6 Å². The molecular formula is C12H22O2. The highest BCUT2D eigenvalue weighted by Crippen LogP contribution is 2.06. The SMILES string of the molecule is C=C(C)/C(=C\C=C/COC)OC.CC. The van der Waals surface area contributed by atoms with E-state index in [1.165, 1.54) is 0 Å². The smallest absolute Gasteiger partial charge is 0.121 e. The lowest BCUT2D eigenvalue weighted by atomic mass is 10.2. The number of ether oxygens (including phenoxy) is 2. The summed E-state index contributed by atoms with van der Waals surface area (Å²) in [7, 11) is 3.29. The second-order valence-electron chi connectivity index (χ2n) is 2.40. The molecule has 0 aliphatic rings. The van der Waals surface area contributed by atoms with E-state index in [1.807, 2.05) is 39.0 Å². The Morgan fingerprint density at radius 1 is 1.29 bits per heavy atom. The lowest BCUT2D eigenvalue weighted by Gasteiger charge is -2.02. The van der Waals surface area contributed by atoms with Crippen molar-refractivity contribution in [1.29, 1.82) is 0 Å². The first-order valence-corrected chi connectivity index (χ1v) is 4.78. The number of allylic oxidation sites excluding steroid dienone is 3. The molecule has 2 heteroatoms. The average Bonchev–Trinajstić information content (AvgIpc) is 2.20. The molecule has 0 heterocycles. The van der Waals surface area contributed by atoms with Gasteiger partial charge in [0.2, 0.25) is 0 Å². The molecule has 0 fully saturated rings. The molecule has 0 N–H and O–H groups in total. The van der Waals surface area contributed by atoms with Crippen molar-refractivity contribution >= 4 is 0 Å². The number of methoxy groups -OCH3 is 2. The van der Waals surface area contributed by atoms with Crippen molar-refractivity contribution in [3.63, 3.8) is 0 Å². The van der Waals surface area contributed by atoms with Crippen LogP contribution in [0.5, 0.6) is 0 Å². The van der Waals surface area contributed by atoms with Crippen LogP contribution in [0.25, 0.3) is 0 Å². The summed E-state index contributed by atoms with van der Waals surface area (Å²) in [4.78, 5) is 0. The third-order valence-electron chi connectivity index (χ3n) is 1.29. The van der Waals surface area contributed by atoms with E-state index >= 15 is 0 Å². The fourth-order valence-electron chi connectivity index (χ4n) is 0.692. The van der Waals surface area contributed by atoms with Crippen LogP contribution in [0.1, 0.15) is 20.8 Å². The Bertz CT molecular complexity index is 190. The summed E-state index contributed by atoms with van der Waals surface area (Å²) in [5.41, 5.74) is 0.916. The summed E-state index contributed by atoms with van der Waals surface area (Å²) >= 11 is 0. The molecule has 0 radical (unpaired) electrons. The first-order valence-electron chi connectivity index (χ1n) is 4.78. The first-order chi connectivity index (χ1) is 6.72. The van der Waals surface area contributed by atoms with E-state index in [-0.39, 0.29) is 0 Å². The minimum Gasteiger partial charge on any atom is -0.497 e. The molecule has 82 valence electrons. The van der Waals surface area contributed by atoms with Crippen molar-refractivity contribution in [1.82, 2.24) is 0 Å². The molecule has 0 aliphatic heterocycles. The second-order valence-corrected chi connectivity index (χ2v) is 2.40. The Hall–Kier alpha value is -1.02. The third-order valence-corrected chi connectivity index (χ3v) is 1.29. The van der Waals surface area contributed by atoms with Gasteiger partial charge in [-0.15, -0.1) is 0 Å². The van der Waals surface area contributed by atoms with E-state index in [4.69, 9.17) is 9.47 Å². The molecule has 0 unspecified atom stereocenters. The summed E-state index contributed by atoms with van der Waals surface area (Å²) in [6.45, 7) is 10.3. The molecule has 0 aromatic carbocycles. The molecule has 0 aromatic heterocycles. The minimum absolute atomic E-state index is 0.615. The fourth-order valence-corrected chi connectivity index (χ4v) is 0.692. The predicted octanol–water partition coefficient (Wildman–Crippen LogP) is 3.32. The normalized spacial score (nSPS) is 10.8. The lowest BCUT2D eigenvalue weighted by Crippen LogP contribution is -1.86. The largest absolute Gasteiger partial charge is 0.497 e. The zero-order chi connectivity index (χ0) is 11.4. The zero-order valence-corrected chi connectivity index (χ0v) is 9.96. The molecule has 2 nitrogen and oxygen atoms in total. The van der Waals surface area contributed by atoms with Gasteiger partial charge in [0.05, 0.1) is 13.7 Å². The maximum atomic E-state index is 5.06. The van der Waals surface area contributed by atoms with Crippen molar-refractivity contribution in [2.75, 3.05) is 20.8 Å². The topological polar surface area (TPSA) is 18.5 Å². The van der Waals surface area contributed by atoms with Crippen LogP contribution in [-0.4, -0.2) is 20.8 Å². The molecule has 0 saturated heterocycles. The Balaban J connectivity index is 0. The first kappa shape index (κ1) is 15.5. The standard InChI is InChI=1S/C10H16O2.C2H6/c1-9(2)10(12-4)7-5-6-8-11-3;1-2/h5-7H,1,8H2,2-4H3;1-2H3/b6-5-,10-7+;. The molecule has 0 spiro atoms. The van der Waals surface area contributed by atoms with Gasteiger partial charge in [0, 0.05) is 7.11 Å². The highest BCUT2D eigenvalue weighted by atomic mass is 16.5. The van der Waals surface area contributed by atoms with E-state index in [0.29, 0.717) is 6.61 Å². The van der Waals surface area contributed by atoms with E-state index in [1.54, 1.807) is 14.2 Å². The quantitative estimate of drug-likeness (QED) is 0.498. The molecule has 0 aliphatic carbocycles. The predicted molar refractivity (Wildman–Crippen MR) is 62.3 cm³/mol. The molecule has 14 heavy (non-hydrogen) atoms. The van der Waals surface area contributed by atoms with Crippen LogP contribution in [0.15, 0.2) is 36.1 Å². The highest BCUT2D eigenvalue weighted by molar-refractivity contribution is 5.24. The van der Waals surface area contributed by atoms with Gasteiger partial charge in [-0.3, -0.25) is 0 Å². The highest BCUT2D eigenvalue weighted by Gasteiger charge is 1.91. The molecule has 0 bridgehead atoms. The van der Waals surface area contributed by atoms with E-state index in [0.717, 1.165) is 11.3 Å². The molecule has 0 saturated carbocycles. The lowest BCUT2D eigenvalue weighted by molar-refractivity contribution is 0.234. The van der Waals surface area contributed by atoms with Gasteiger partial charge in [0.1, 0.15) is 5.76 Å². The molecule has 0 amide bonds. The molecule has 0 rings (SSSR count). The monoisotopic (exact) mass is 198 g/mol. The van der Waals surface area contributed by atoms with Crippen molar-refractivity contribution in [3.8, 4) is 0 Å². The molecule has 0 aromatic rings. The van der Waals surface area contributed by atoms with Crippen LogP contribution in [0.3, 0.4) is 0 Å². The molecular weight excluding hydrogens is 176 g/mol. The summed E-state index contributed by atoms with van der Waals surface area (Å²) in [6, 6.07) is 0. The Morgan fingerprint density at radius 2 is 1.86 bits per heavy atom. The summed E-state index contributed by atoms with van der Waals surface area (Å²) in [6.07, 6.45) is 5.65. The van der Waals surface area contributed by atoms with Crippen LogP contribution < -0.4 is 0 Å². The van der Waals surface area contributed by atoms with Crippen LogP contribution in [-0.2, 0) is 9.47 Å². The number of hydrogen-bond acceptors (Lipinski definition) is 2. The van der Waals surface area contributed by atoms with Gasteiger partial charge in [-0.1, -0.05) is 32.6 Å². The van der Waals surface area contributed by atoms with Crippen molar-refractivity contribution in [2.24, 2.45) is 0 Å². The number of hydrogen-bond donors (Lipinski definition) is 0. The maximum Gasteiger partial charge on any atom is 0.121 e. The summed E-state index contributed by atoms with van der Waals surface area (Å²) < 4.78 is 9.90. The van der Waals surface area contributed by atoms with E-state index in [9.17, 15) is 0 Å². The van der Waals surface area contributed by atoms with Gasteiger partial charge in [-0.2, -0.15) is 0 Å². The summed E-state index contributed by atoms with van der Waals surface area (Å²) in [5.74, 6) is 0.794. The van der Waals surface area contributed by atoms with Crippen LogP contribution in [0, 0.1) is 0 Å². The number of rotatable bonds is 5. The van der Waals surface area contributed by atoms with Crippen LogP contribution in [0.2, 0.25) is 0 Å². The van der Waals surface area contributed by atoms with Gasteiger partial charge in [0.25, 0.3) is 0 Å². The van der Waals surface area contributed by atoms with Crippen molar-refractivity contribution in [3.05, 3.63) is 36.1 Å². The second kappa shape index (κ2) is 12.0. The van der Waals surface area contributed by atoms with Crippen LogP contribution in [0.4, 0.5) is 0 Å². The molecule has 0 atom stereocenters. The Labute approximate surface area is 87.9 Å². The van der Waals surface area contributed by atoms with Gasteiger partial charge in [0.15, 0.2) is 0 Å². The minimum atomic E-state index is 0.615. The van der Waals surface area contributed by atoms with Crippen molar-refractivity contribution in [2.45, 2.75) is 20.8 Å². The van der Waals surface area contributed by atoms with E-state index < -0.39 is 0 Å². The van der Waals surface area contributed by atoms with Gasteiger partial charge < -0.3 is 9.47 Å². The van der Waals surface area contributed by atoms with Crippen molar-refractivity contribution < 1.29 is 9.47 Å².